The fourth-order valence-electron chi connectivity index (χ4n) is 2.65. The minimum Gasteiger partial charge on any atom is -0.481 e. The topological polar surface area (TPSA) is 95.9 Å². The summed E-state index contributed by atoms with van der Waals surface area (Å²) < 4.78 is 44.5. The Balaban J connectivity index is 2.39. The van der Waals surface area contributed by atoms with Crippen molar-refractivity contribution in [3.8, 4) is 0 Å². The molecule has 1 saturated heterocycles. The van der Waals surface area contributed by atoms with Crippen molar-refractivity contribution < 1.29 is 37.4 Å². The summed E-state index contributed by atoms with van der Waals surface area (Å²) in [7, 11) is 0. The maximum atomic E-state index is 13.1. The minimum atomic E-state index is -4.71. The first kappa shape index (κ1) is 19.7. The first-order valence-electron chi connectivity index (χ1n) is 7.68. The van der Waals surface area contributed by atoms with Crippen LogP contribution in [0.2, 0.25) is 0 Å². The number of amides is 2. The summed E-state index contributed by atoms with van der Waals surface area (Å²) in [6.45, 7) is 1.32. The van der Waals surface area contributed by atoms with E-state index in [0.29, 0.717) is 6.07 Å². The molecule has 0 spiro atoms. The molecule has 0 aromatic heterocycles. The molecule has 2 N–H and O–H groups in total. The Kier molecular flexibility index (Phi) is 5.86. The minimum absolute atomic E-state index is 0.0183. The van der Waals surface area contributed by atoms with Gasteiger partial charge >= 0.3 is 12.1 Å². The second-order valence-electron chi connectivity index (χ2n) is 5.80. The zero-order valence-corrected chi connectivity index (χ0v) is 13.8. The van der Waals surface area contributed by atoms with Crippen LogP contribution in [0.3, 0.4) is 0 Å². The Hall–Kier alpha value is -2.62. The zero-order valence-electron chi connectivity index (χ0n) is 13.8. The molecule has 1 atom stereocenters. The van der Waals surface area contributed by atoms with E-state index in [9.17, 15) is 27.6 Å². The summed E-state index contributed by atoms with van der Waals surface area (Å²) in [5, 5.41) is 11.2. The number of carbonyl (C=O) groups excluding carboxylic acids is 2. The van der Waals surface area contributed by atoms with Crippen molar-refractivity contribution in [2.24, 2.45) is 0 Å². The monoisotopic (exact) mass is 374 g/mol. The van der Waals surface area contributed by atoms with E-state index in [1.54, 1.807) is 0 Å². The van der Waals surface area contributed by atoms with Crippen LogP contribution in [0.15, 0.2) is 18.2 Å². The van der Waals surface area contributed by atoms with Gasteiger partial charge in [-0.15, -0.1) is 0 Å². The van der Waals surface area contributed by atoms with Crippen molar-refractivity contribution in [3.63, 3.8) is 0 Å². The number of benzene rings is 1. The molecule has 2 amide bonds. The van der Waals surface area contributed by atoms with Crippen LogP contribution >= 0.6 is 0 Å². The summed E-state index contributed by atoms with van der Waals surface area (Å²) in [4.78, 5) is 36.0. The van der Waals surface area contributed by atoms with Gasteiger partial charge in [0, 0.05) is 24.7 Å². The molecule has 1 heterocycles. The van der Waals surface area contributed by atoms with Crippen LogP contribution in [0.25, 0.3) is 0 Å². The Morgan fingerprint density at radius 2 is 2.00 bits per heavy atom. The van der Waals surface area contributed by atoms with Gasteiger partial charge in [0.05, 0.1) is 31.2 Å². The van der Waals surface area contributed by atoms with Crippen LogP contribution in [0.1, 0.15) is 29.3 Å². The van der Waals surface area contributed by atoms with Gasteiger partial charge in [0.1, 0.15) is 0 Å². The van der Waals surface area contributed by atoms with Crippen LogP contribution in [0.4, 0.5) is 18.9 Å². The van der Waals surface area contributed by atoms with Crippen molar-refractivity contribution in [3.05, 3.63) is 29.3 Å². The van der Waals surface area contributed by atoms with Crippen LogP contribution in [0, 0.1) is 0 Å². The fourth-order valence-corrected chi connectivity index (χ4v) is 2.65. The lowest BCUT2D eigenvalue weighted by atomic mass is 10.0. The van der Waals surface area contributed by atoms with Crippen molar-refractivity contribution >= 4 is 23.5 Å². The van der Waals surface area contributed by atoms with Crippen molar-refractivity contribution in [1.82, 2.24) is 4.90 Å². The number of alkyl halides is 3. The van der Waals surface area contributed by atoms with Gasteiger partial charge in [-0.3, -0.25) is 14.4 Å². The van der Waals surface area contributed by atoms with E-state index < -0.39 is 35.6 Å². The third kappa shape index (κ3) is 4.94. The normalized spacial score (nSPS) is 17.7. The molecule has 7 nitrogen and oxygen atoms in total. The SMILES string of the molecule is CC(=O)Nc1cc(C(=O)N2CCOCC2CC(=O)O)cc(C(F)(F)F)c1. The van der Waals surface area contributed by atoms with E-state index in [-0.39, 0.29) is 37.4 Å². The van der Waals surface area contributed by atoms with Crippen LogP contribution in [-0.2, 0) is 20.5 Å². The highest BCUT2D eigenvalue weighted by atomic mass is 19.4. The molecule has 0 radical (unpaired) electrons. The van der Waals surface area contributed by atoms with E-state index in [0.717, 1.165) is 19.1 Å². The number of hydrogen-bond acceptors (Lipinski definition) is 4. The predicted octanol–water partition coefficient (Wildman–Crippen LogP) is 1.98. The predicted molar refractivity (Wildman–Crippen MR) is 83.6 cm³/mol. The molecular weight excluding hydrogens is 357 g/mol. The number of ether oxygens (including phenoxy) is 1. The highest BCUT2D eigenvalue weighted by Crippen LogP contribution is 2.32. The second kappa shape index (κ2) is 7.73. The van der Waals surface area contributed by atoms with Crippen molar-refractivity contribution in [2.45, 2.75) is 25.6 Å². The number of nitrogens with zero attached hydrogens (tertiary/aromatic N) is 1. The van der Waals surface area contributed by atoms with Gasteiger partial charge in [0.2, 0.25) is 5.91 Å². The maximum Gasteiger partial charge on any atom is 0.416 e. The molecular formula is C16H17F3N2O5. The third-order valence-electron chi connectivity index (χ3n) is 3.73. The molecule has 0 bridgehead atoms. The molecule has 1 aliphatic heterocycles. The van der Waals surface area contributed by atoms with E-state index in [1.807, 2.05) is 0 Å². The van der Waals surface area contributed by atoms with Gasteiger partial charge in [0.25, 0.3) is 5.91 Å². The third-order valence-corrected chi connectivity index (χ3v) is 3.73. The number of morpholine rings is 1. The lowest BCUT2D eigenvalue weighted by molar-refractivity contribution is -0.139. The van der Waals surface area contributed by atoms with Gasteiger partial charge in [-0.05, 0) is 18.2 Å². The number of carboxylic acids is 1. The van der Waals surface area contributed by atoms with Gasteiger partial charge in [-0.2, -0.15) is 13.2 Å². The molecule has 142 valence electrons. The standard InChI is InChI=1S/C16H17F3N2O5/c1-9(22)20-12-5-10(4-11(6-12)16(17,18)19)15(25)21-2-3-26-8-13(21)7-14(23)24/h4-6,13H,2-3,7-8H2,1H3,(H,20,22)(H,23,24). The van der Waals surface area contributed by atoms with Crippen LogP contribution < -0.4 is 5.32 Å². The average Bonchev–Trinajstić information content (AvgIpc) is 2.52. The number of hydrogen-bond donors (Lipinski definition) is 2. The fraction of sp³-hybridized carbons (Fsp3) is 0.438. The van der Waals surface area contributed by atoms with Gasteiger partial charge in [0.15, 0.2) is 0 Å². The average molecular weight is 374 g/mol. The van der Waals surface area contributed by atoms with Crippen molar-refractivity contribution in [1.29, 1.82) is 0 Å². The summed E-state index contributed by atoms with van der Waals surface area (Å²) >= 11 is 0. The van der Waals surface area contributed by atoms with Crippen LogP contribution in [-0.4, -0.2) is 53.6 Å². The molecule has 2 rings (SSSR count). The molecule has 1 fully saturated rings. The van der Waals surface area contributed by atoms with E-state index >= 15 is 0 Å². The molecule has 1 aliphatic rings. The lowest BCUT2D eigenvalue weighted by Crippen LogP contribution is -2.49. The summed E-state index contributed by atoms with van der Waals surface area (Å²) in [5.74, 6) is -2.49. The molecule has 0 saturated carbocycles. The smallest absolute Gasteiger partial charge is 0.416 e. The molecule has 10 heteroatoms. The molecule has 26 heavy (non-hydrogen) atoms. The molecule has 1 unspecified atom stereocenters. The van der Waals surface area contributed by atoms with E-state index in [4.69, 9.17) is 9.84 Å². The molecule has 0 aliphatic carbocycles. The Morgan fingerprint density at radius 3 is 2.58 bits per heavy atom. The number of nitrogens with one attached hydrogen (secondary N) is 1. The van der Waals surface area contributed by atoms with Crippen molar-refractivity contribution in [2.75, 3.05) is 25.1 Å². The maximum absolute atomic E-state index is 13.1. The van der Waals surface area contributed by atoms with Gasteiger partial charge in [-0.1, -0.05) is 0 Å². The molecule has 1 aromatic carbocycles. The first-order valence-corrected chi connectivity index (χ1v) is 7.68. The number of anilines is 1. The largest absolute Gasteiger partial charge is 0.481 e. The van der Waals surface area contributed by atoms with Gasteiger partial charge in [-0.25, -0.2) is 0 Å². The quantitative estimate of drug-likeness (QED) is 0.840. The summed E-state index contributed by atoms with van der Waals surface area (Å²) in [6, 6.07) is 1.76. The highest BCUT2D eigenvalue weighted by Gasteiger charge is 2.34. The molecule has 1 aromatic rings. The number of carboxylic acid groups (broad SMARTS) is 1. The Morgan fingerprint density at radius 1 is 1.31 bits per heavy atom. The first-order chi connectivity index (χ1) is 12.1. The number of carbonyl (C=O) groups is 3. The summed E-state index contributed by atoms with van der Waals surface area (Å²) in [5.41, 5.74) is -1.55. The second-order valence-corrected chi connectivity index (χ2v) is 5.80. The Labute approximate surface area is 146 Å². The van der Waals surface area contributed by atoms with E-state index in [2.05, 4.69) is 5.32 Å². The number of aliphatic carboxylic acids is 1. The van der Waals surface area contributed by atoms with E-state index in [1.165, 1.54) is 4.90 Å². The van der Waals surface area contributed by atoms with Crippen LogP contribution in [0.5, 0.6) is 0 Å². The Bertz CT molecular complexity index is 720. The highest BCUT2D eigenvalue weighted by molar-refractivity contribution is 5.97. The zero-order chi connectivity index (χ0) is 19.5. The van der Waals surface area contributed by atoms with Gasteiger partial charge < -0.3 is 20.1 Å². The summed E-state index contributed by atoms with van der Waals surface area (Å²) in [6.07, 6.45) is -5.10. The lowest BCUT2D eigenvalue weighted by Gasteiger charge is -2.35. The number of rotatable bonds is 4. The number of halogens is 3.